The van der Waals surface area contributed by atoms with Crippen molar-refractivity contribution in [1.29, 1.82) is 0 Å². The number of nitrogens with one attached hydrogen (secondary N) is 1. The lowest BCUT2D eigenvalue weighted by Gasteiger charge is -2.06. The summed E-state index contributed by atoms with van der Waals surface area (Å²) in [7, 11) is 0. The predicted octanol–water partition coefficient (Wildman–Crippen LogP) is 2.50. The second-order valence-electron chi connectivity index (χ2n) is 4.55. The fourth-order valence-corrected chi connectivity index (χ4v) is 1.96. The molecule has 0 aliphatic heterocycles. The van der Waals surface area contributed by atoms with Crippen molar-refractivity contribution >= 4 is 11.6 Å². The summed E-state index contributed by atoms with van der Waals surface area (Å²) in [6.45, 7) is 0. The van der Waals surface area contributed by atoms with Gasteiger partial charge in [0.15, 0.2) is 0 Å². The third kappa shape index (κ3) is 2.86. The highest BCUT2D eigenvalue weighted by molar-refractivity contribution is 6.04. The number of benzene rings is 1. The van der Waals surface area contributed by atoms with Crippen molar-refractivity contribution in [2.75, 3.05) is 5.32 Å². The van der Waals surface area contributed by atoms with Gasteiger partial charge in [-0.3, -0.25) is 9.36 Å². The highest BCUT2D eigenvalue weighted by Gasteiger charge is 2.07. The van der Waals surface area contributed by atoms with Crippen molar-refractivity contribution in [3.63, 3.8) is 0 Å². The van der Waals surface area contributed by atoms with Crippen molar-refractivity contribution in [2.45, 2.75) is 0 Å². The van der Waals surface area contributed by atoms with Gasteiger partial charge in [0.25, 0.3) is 5.91 Å². The van der Waals surface area contributed by atoms with Crippen molar-refractivity contribution in [3.05, 3.63) is 72.4 Å². The summed E-state index contributed by atoms with van der Waals surface area (Å²) in [6, 6.07) is 10.6. The Balaban J connectivity index is 1.76. The second kappa shape index (κ2) is 5.94. The average molecular weight is 288 g/mol. The van der Waals surface area contributed by atoms with Crippen LogP contribution in [0.4, 0.5) is 5.69 Å². The van der Waals surface area contributed by atoms with E-state index in [1.165, 1.54) is 6.20 Å². The average Bonchev–Trinajstić information content (AvgIpc) is 3.09. The van der Waals surface area contributed by atoms with Crippen LogP contribution in [0.2, 0.25) is 0 Å². The lowest BCUT2D eigenvalue weighted by Crippen LogP contribution is -2.12. The summed E-state index contributed by atoms with van der Waals surface area (Å²) in [5.74, 6) is 2.99. The van der Waals surface area contributed by atoms with Crippen LogP contribution in [0, 0.1) is 12.3 Å². The first-order valence-electron chi connectivity index (χ1n) is 6.59. The molecule has 0 fully saturated rings. The van der Waals surface area contributed by atoms with Gasteiger partial charge in [-0.15, -0.1) is 6.42 Å². The minimum absolute atomic E-state index is 0.237. The molecule has 2 aromatic heterocycles. The van der Waals surface area contributed by atoms with Gasteiger partial charge < -0.3 is 5.32 Å². The van der Waals surface area contributed by atoms with E-state index in [4.69, 9.17) is 6.42 Å². The fraction of sp³-hybridized carbons (Fsp3) is 0. The number of carbonyl (C=O) groups excluding carboxylic acids is 1. The molecule has 0 aliphatic carbocycles. The lowest BCUT2D eigenvalue weighted by atomic mass is 10.2. The highest BCUT2D eigenvalue weighted by Crippen LogP contribution is 2.12. The Bertz CT molecular complexity index is 830. The van der Waals surface area contributed by atoms with Crippen LogP contribution in [0.25, 0.3) is 5.82 Å². The molecule has 0 aliphatic rings. The lowest BCUT2D eigenvalue weighted by molar-refractivity contribution is 0.102. The maximum atomic E-state index is 12.2. The summed E-state index contributed by atoms with van der Waals surface area (Å²) >= 11 is 0. The van der Waals surface area contributed by atoms with Crippen LogP contribution in [0.3, 0.4) is 0 Å². The summed E-state index contributed by atoms with van der Waals surface area (Å²) in [4.78, 5) is 20.4. The number of pyridine rings is 1. The third-order valence-corrected chi connectivity index (χ3v) is 3.07. The molecule has 1 amide bonds. The molecule has 5 heteroatoms. The zero-order valence-electron chi connectivity index (χ0n) is 11.6. The number of nitrogens with zero attached hydrogens (tertiary/aromatic N) is 3. The number of carbonyl (C=O) groups is 1. The molecule has 0 unspecified atom stereocenters. The normalized spacial score (nSPS) is 9.95. The molecular formula is C17H12N4O. The molecule has 1 aromatic carbocycles. The largest absolute Gasteiger partial charge is 0.322 e. The monoisotopic (exact) mass is 288 g/mol. The number of anilines is 1. The molecule has 106 valence electrons. The van der Waals surface area contributed by atoms with Gasteiger partial charge in [-0.25, -0.2) is 9.97 Å². The third-order valence-electron chi connectivity index (χ3n) is 3.07. The van der Waals surface area contributed by atoms with Gasteiger partial charge >= 0.3 is 0 Å². The molecule has 1 N–H and O–H groups in total. The van der Waals surface area contributed by atoms with Crippen molar-refractivity contribution in [3.8, 4) is 18.2 Å². The number of aromatic nitrogens is 3. The van der Waals surface area contributed by atoms with E-state index >= 15 is 0 Å². The number of imidazole rings is 1. The summed E-state index contributed by atoms with van der Waals surface area (Å²) < 4.78 is 1.76. The van der Waals surface area contributed by atoms with E-state index in [1.54, 1.807) is 59.7 Å². The molecule has 0 spiro atoms. The van der Waals surface area contributed by atoms with Crippen molar-refractivity contribution < 1.29 is 4.79 Å². The van der Waals surface area contributed by atoms with Crippen LogP contribution in [-0.4, -0.2) is 20.4 Å². The van der Waals surface area contributed by atoms with Gasteiger partial charge in [0.05, 0.1) is 5.56 Å². The minimum Gasteiger partial charge on any atom is -0.322 e. The zero-order valence-corrected chi connectivity index (χ0v) is 11.6. The first-order valence-corrected chi connectivity index (χ1v) is 6.59. The quantitative estimate of drug-likeness (QED) is 0.753. The van der Waals surface area contributed by atoms with Gasteiger partial charge in [0.1, 0.15) is 12.1 Å². The van der Waals surface area contributed by atoms with Crippen LogP contribution in [0.1, 0.15) is 15.9 Å². The Labute approximate surface area is 127 Å². The molecule has 3 aromatic rings. The Hall–Kier alpha value is -3.39. The van der Waals surface area contributed by atoms with Gasteiger partial charge in [-0.2, -0.15) is 0 Å². The van der Waals surface area contributed by atoms with Gasteiger partial charge in [-0.05, 0) is 30.3 Å². The molecule has 0 saturated carbocycles. The molecule has 0 atom stereocenters. The topological polar surface area (TPSA) is 59.8 Å². The molecule has 5 nitrogen and oxygen atoms in total. The Morgan fingerprint density at radius 3 is 2.86 bits per heavy atom. The van der Waals surface area contributed by atoms with Crippen LogP contribution in [0.5, 0.6) is 0 Å². The van der Waals surface area contributed by atoms with E-state index in [0.29, 0.717) is 22.6 Å². The second-order valence-corrected chi connectivity index (χ2v) is 4.55. The number of amides is 1. The predicted molar refractivity (Wildman–Crippen MR) is 83.7 cm³/mol. The van der Waals surface area contributed by atoms with Crippen LogP contribution in [-0.2, 0) is 0 Å². The van der Waals surface area contributed by atoms with Crippen LogP contribution >= 0.6 is 0 Å². The Morgan fingerprint density at radius 2 is 2.18 bits per heavy atom. The van der Waals surface area contributed by atoms with E-state index in [9.17, 15) is 4.79 Å². The zero-order chi connectivity index (χ0) is 15.4. The molecule has 0 saturated heterocycles. The SMILES string of the molecule is C#Cc1cccc(NC(=O)c2ccc(-n3ccnc3)nc2)c1. The first kappa shape index (κ1) is 13.6. The van der Waals surface area contributed by atoms with Crippen molar-refractivity contribution in [2.24, 2.45) is 0 Å². The van der Waals surface area contributed by atoms with Crippen LogP contribution in [0.15, 0.2) is 61.3 Å². The molecule has 22 heavy (non-hydrogen) atoms. The van der Waals surface area contributed by atoms with E-state index in [0.717, 1.165) is 0 Å². The van der Waals surface area contributed by atoms with Crippen LogP contribution < -0.4 is 5.32 Å². The number of terminal acetylenes is 1. The first-order chi connectivity index (χ1) is 10.8. The van der Waals surface area contributed by atoms with E-state index in [-0.39, 0.29) is 5.91 Å². The van der Waals surface area contributed by atoms with Gasteiger partial charge in [0.2, 0.25) is 0 Å². The van der Waals surface area contributed by atoms with Gasteiger partial charge in [0, 0.05) is 29.8 Å². The Kier molecular flexibility index (Phi) is 3.67. The van der Waals surface area contributed by atoms with Crippen molar-refractivity contribution in [1.82, 2.24) is 14.5 Å². The molecule has 3 rings (SSSR count). The van der Waals surface area contributed by atoms with E-state index in [1.807, 2.05) is 0 Å². The standard InChI is InChI=1S/C17H12N4O/c1-2-13-4-3-5-15(10-13)20-17(22)14-6-7-16(19-11-14)21-9-8-18-12-21/h1,3-12H,(H,20,22). The molecular weight excluding hydrogens is 276 g/mol. The van der Waals surface area contributed by atoms with E-state index < -0.39 is 0 Å². The minimum atomic E-state index is -0.237. The molecule has 0 bridgehead atoms. The molecule has 2 heterocycles. The van der Waals surface area contributed by atoms with E-state index in [2.05, 4.69) is 21.2 Å². The fourth-order valence-electron chi connectivity index (χ4n) is 1.96. The summed E-state index contributed by atoms with van der Waals surface area (Å²) in [6.07, 6.45) is 12.0. The van der Waals surface area contributed by atoms with Gasteiger partial charge in [-0.1, -0.05) is 12.0 Å². The summed E-state index contributed by atoms with van der Waals surface area (Å²) in [5, 5.41) is 2.79. The Morgan fingerprint density at radius 1 is 1.27 bits per heavy atom. The maximum Gasteiger partial charge on any atom is 0.257 e. The maximum absolute atomic E-state index is 12.2. The highest BCUT2D eigenvalue weighted by atomic mass is 16.1. The number of rotatable bonds is 3. The molecule has 0 radical (unpaired) electrons. The number of hydrogen-bond acceptors (Lipinski definition) is 3. The summed E-state index contributed by atoms with van der Waals surface area (Å²) in [5.41, 5.74) is 1.83. The number of hydrogen-bond donors (Lipinski definition) is 1. The smallest absolute Gasteiger partial charge is 0.257 e.